The first-order chi connectivity index (χ1) is 14.3. The maximum Gasteiger partial charge on any atom is 0.122 e. The van der Waals surface area contributed by atoms with Crippen molar-refractivity contribution in [3.63, 3.8) is 0 Å². The van der Waals surface area contributed by atoms with Crippen LogP contribution in [0, 0.1) is 0 Å². The quantitative estimate of drug-likeness (QED) is 0.678. The van der Waals surface area contributed by atoms with Gasteiger partial charge in [-0.2, -0.15) is 0 Å². The molecule has 2 aliphatic rings. The highest BCUT2D eigenvalue weighted by Gasteiger charge is 2.23. The van der Waals surface area contributed by atoms with Gasteiger partial charge >= 0.3 is 0 Å². The van der Waals surface area contributed by atoms with Gasteiger partial charge in [-0.3, -0.25) is 4.90 Å². The van der Waals surface area contributed by atoms with Crippen LogP contribution in [0.4, 0.5) is 5.69 Å². The van der Waals surface area contributed by atoms with E-state index in [-0.39, 0.29) is 0 Å². The first kappa shape index (κ1) is 20.1. The number of piperazine rings is 1. The smallest absolute Gasteiger partial charge is 0.122 e. The van der Waals surface area contributed by atoms with Gasteiger partial charge in [-0.1, -0.05) is 12.1 Å². The number of anilines is 1. The summed E-state index contributed by atoms with van der Waals surface area (Å²) in [6.45, 7) is 5.74. The number of ether oxygens (including phenoxy) is 2. The summed E-state index contributed by atoms with van der Waals surface area (Å²) >= 11 is 0. The van der Waals surface area contributed by atoms with E-state index in [0.29, 0.717) is 5.92 Å². The monoisotopic (exact) mass is 394 g/mol. The number of hydrogen-bond acceptors (Lipinski definition) is 4. The van der Waals surface area contributed by atoms with Gasteiger partial charge < -0.3 is 14.4 Å². The Morgan fingerprint density at radius 1 is 0.931 bits per heavy atom. The number of fused-ring (bicyclic) bond motifs is 1. The molecule has 2 aromatic rings. The van der Waals surface area contributed by atoms with Gasteiger partial charge in [-0.15, -0.1) is 0 Å². The van der Waals surface area contributed by atoms with Crippen LogP contribution in [0.15, 0.2) is 42.5 Å². The van der Waals surface area contributed by atoms with E-state index < -0.39 is 0 Å². The molecule has 156 valence electrons. The Balaban J connectivity index is 1.24. The topological polar surface area (TPSA) is 24.9 Å². The number of hydrogen-bond donors (Lipinski definition) is 0. The van der Waals surface area contributed by atoms with Crippen molar-refractivity contribution in [1.29, 1.82) is 0 Å². The van der Waals surface area contributed by atoms with E-state index in [2.05, 4.69) is 52.3 Å². The molecule has 4 heteroatoms. The summed E-state index contributed by atoms with van der Waals surface area (Å²) in [5.41, 5.74) is 4.30. The summed E-state index contributed by atoms with van der Waals surface area (Å²) < 4.78 is 10.9. The molecule has 0 amide bonds. The zero-order valence-electron chi connectivity index (χ0n) is 17.9. The minimum Gasteiger partial charge on any atom is -0.497 e. The van der Waals surface area contributed by atoms with Gasteiger partial charge in [0.15, 0.2) is 0 Å². The van der Waals surface area contributed by atoms with Crippen LogP contribution in [0.25, 0.3) is 0 Å². The maximum absolute atomic E-state index is 5.60. The van der Waals surface area contributed by atoms with Crippen LogP contribution >= 0.6 is 0 Å². The minimum absolute atomic E-state index is 0.703. The van der Waals surface area contributed by atoms with Crippen LogP contribution in [-0.4, -0.2) is 51.8 Å². The standard InChI is InChI=1S/C25H34N2O2/c1-28-22-13-11-21(12-14-22)27-18-16-26(17-19-27)15-5-7-20-6-3-9-24-23(20)8-4-10-25(24)29-2/h4,8,10-14,20H,3,5-7,9,15-19H2,1-2H3. The van der Waals surface area contributed by atoms with Crippen LogP contribution in [0.5, 0.6) is 11.5 Å². The zero-order chi connectivity index (χ0) is 20.1. The SMILES string of the molecule is COc1ccc(N2CCN(CCCC3CCCc4c(OC)cccc43)CC2)cc1. The molecule has 1 fully saturated rings. The molecule has 0 aromatic heterocycles. The van der Waals surface area contributed by atoms with Crippen LogP contribution in [0.2, 0.25) is 0 Å². The van der Waals surface area contributed by atoms with Crippen molar-refractivity contribution in [2.45, 2.75) is 38.0 Å². The van der Waals surface area contributed by atoms with Crippen LogP contribution in [0.3, 0.4) is 0 Å². The lowest BCUT2D eigenvalue weighted by molar-refractivity contribution is 0.249. The Morgan fingerprint density at radius 3 is 2.45 bits per heavy atom. The lowest BCUT2D eigenvalue weighted by Crippen LogP contribution is -2.46. The highest BCUT2D eigenvalue weighted by atomic mass is 16.5. The fraction of sp³-hybridized carbons (Fsp3) is 0.520. The van der Waals surface area contributed by atoms with E-state index in [1.165, 1.54) is 49.9 Å². The van der Waals surface area contributed by atoms with Gasteiger partial charge in [0.05, 0.1) is 14.2 Å². The van der Waals surface area contributed by atoms with Gasteiger partial charge in [0.2, 0.25) is 0 Å². The first-order valence-electron chi connectivity index (χ1n) is 11.1. The normalized spacial score (nSPS) is 19.7. The summed E-state index contributed by atoms with van der Waals surface area (Å²) in [6.07, 6.45) is 6.36. The van der Waals surface area contributed by atoms with Crippen molar-refractivity contribution in [2.24, 2.45) is 0 Å². The van der Waals surface area contributed by atoms with Gasteiger partial charge in [0, 0.05) is 31.9 Å². The van der Waals surface area contributed by atoms with Crippen molar-refractivity contribution < 1.29 is 9.47 Å². The van der Waals surface area contributed by atoms with E-state index in [1.54, 1.807) is 19.8 Å². The Hall–Kier alpha value is -2.20. The van der Waals surface area contributed by atoms with E-state index in [9.17, 15) is 0 Å². The molecule has 0 N–H and O–H groups in total. The van der Waals surface area contributed by atoms with E-state index in [1.807, 2.05) is 0 Å². The van der Waals surface area contributed by atoms with Crippen LogP contribution in [0.1, 0.15) is 42.7 Å². The molecule has 1 aliphatic heterocycles. The lowest BCUT2D eigenvalue weighted by Gasteiger charge is -2.36. The van der Waals surface area contributed by atoms with Gasteiger partial charge in [-0.25, -0.2) is 0 Å². The molecule has 29 heavy (non-hydrogen) atoms. The molecule has 0 saturated carbocycles. The molecule has 0 radical (unpaired) electrons. The largest absolute Gasteiger partial charge is 0.497 e. The Bertz CT molecular complexity index is 782. The molecule has 1 atom stereocenters. The summed E-state index contributed by atoms with van der Waals surface area (Å²) in [5.74, 6) is 2.71. The third-order valence-corrected chi connectivity index (χ3v) is 6.65. The Kier molecular flexibility index (Phi) is 6.60. The van der Waals surface area contributed by atoms with Crippen LogP contribution < -0.4 is 14.4 Å². The van der Waals surface area contributed by atoms with E-state index in [0.717, 1.165) is 37.7 Å². The molecule has 0 spiro atoms. The Morgan fingerprint density at radius 2 is 1.72 bits per heavy atom. The third-order valence-electron chi connectivity index (χ3n) is 6.65. The summed E-state index contributed by atoms with van der Waals surface area (Å²) in [5, 5.41) is 0. The number of methoxy groups -OCH3 is 2. The van der Waals surface area contributed by atoms with Gasteiger partial charge in [0.25, 0.3) is 0 Å². The van der Waals surface area contributed by atoms with Gasteiger partial charge in [0.1, 0.15) is 11.5 Å². The molecule has 1 unspecified atom stereocenters. The predicted octanol–water partition coefficient (Wildman–Crippen LogP) is 4.73. The second kappa shape index (κ2) is 9.53. The zero-order valence-corrected chi connectivity index (χ0v) is 17.9. The molecule has 0 bridgehead atoms. The van der Waals surface area contributed by atoms with E-state index in [4.69, 9.17) is 9.47 Å². The summed E-state index contributed by atoms with van der Waals surface area (Å²) in [6, 6.07) is 15.1. The van der Waals surface area contributed by atoms with Crippen molar-refractivity contribution >= 4 is 5.69 Å². The molecular formula is C25H34N2O2. The minimum atomic E-state index is 0.703. The molecule has 1 aliphatic carbocycles. The number of benzene rings is 2. The summed E-state index contributed by atoms with van der Waals surface area (Å²) in [4.78, 5) is 5.12. The average molecular weight is 395 g/mol. The van der Waals surface area contributed by atoms with E-state index >= 15 is 0 Å². The molecule has 1 saturated heterocycles. The Labute approximate surface area is 175 Å². The van der Waals surface area contributed by atoms with Crippen LogP contribution in [-0.2, 0) is 6.42 Å². The van der Waals surface area contributed by atoms with Crippen molar-refractivity contribution in [1.82, 2.24) is 4.90 Å². The second-order valence-electron chi connectivity index (χ2n) is 8.29. The highest BCUT2D eigenvalue weighted by molar-refractivity contribution is 5.49. The predicted molar refractivity (Wildman–Crippen MR) is 120 cm³/mol. The van der Waals surface area contributed by atoms with Crippen molar-refractivity contribution in [2.75, 3.05) is 51.8 Å². The number of rotatable bonds is 7. The van der Waals surface area contributed by atoms with Gasteiger partial charge in [-0.05, 0) is 86.0 Å². The average Bonchev–Trinajstić information content (AvgIpc) is 2.79. The van der Waals surface area contributed by atoms with Crippen molar-refractivity contribution in [3.8, 4) is 11.5 Å². The third kappa shape index (κ3) is 4.69. The lowest BCUT2D eigenvalue weighted by atomic mass is 9.80. The molecule has 1 heterocycles. The fourth-order valence-corrected chi connectivity index (χ4v) is 4.99. The molecular weight excluding hydrogens is 360 g/mol. The maximum atomic E-state index is 5.60. The molecule has 4 rings (SSSR count). The molecule has 4 nitrogen and oxygen atoms in total. The fourth-order valence-electron chi connectivity index (χ4n) is 4.99. The molecule has 2 aromatic carbocycles. The summed E-state index contributed by atoms with van der Waals surface area (Å²) in [7, 11) is 3.51. The highest BCUT2D eigenvalue weighted by Crippen LogP contribution is 2.38. The second-order valence-corrected chi connectivity index (χ2v) is 8.29. The van der Waals surface area contributed by atoms with Crippen molar-refractivity contribution in [3.05, 3.63) is 53.6 Å². The first-order valence-corrected chi connectivity index (χ1v) is 11.1. The number of nitrogens with zero attached hydrogens (tertiary/aromatic N) is 2.